The van der Waals surface area contributed by atoms with Gasteiger partial charge >= 0.3 is 0 Å². The van der Waals surface area contributed by atoms with Crippen LogP contribution in [0.4, 0.5) is 0 Å². The topological polar surface area (TPSA) is 32.7 Å². The highest BCUT2D eigenvalue weighted by atomic mass is 16.6. The summed E-state index contributed by atoms with van der Waals surface area (Å²) in [5.41, 5.74) is 0. The van der Waals surface area contributed by atoms with Crippen molar-refractivity contribution in [3.05, 3.63) is 0 Å². The Morgan fingerprint density at radius 3 is 2.67 bits per heavy atom. The summed E-state index contributed by atoms with van der Waals surface area (Å²) in [6.07, 6.45) is 3.88. The molecule has 3 nitrogen and oxygen atoms in total. The SMILES string of the molecule is CN(C)CCCC1CCC(O)O1. The summed E-state index contributed by atoms with van der Waals surface area (Å²) >= 11 is 0. The van der Waals surface area contributed by atoms with Gasteiger partial charge in [-0.15, -0.1) is 0 Å². The Hall–Kier alpha value is -0.120. The lowest BCUT2D eigenvalue weighted by Crippen LogP contribution is -2.16. The van der Waals surface area contributed by atoms with Crippen molar-refractivity contribution in [1.29, 1.82) is 0 Å². The molecule has 1 rings (SSSR count). The van der Waals surface area contributed by atoms with Gasteiger partial charge in [-0.3, -0.25) is 0 Å². The van der Waals surface area contributed by atoms with E-state index in [9.17, 15) is 0 Å². The first kappa shape index (κ1) is 9.96. The largest absolute Gasteiger partial charge is 0.368 e. The van der Waals surface area contributed by atoms with Gasteiger partial charge in [0.15, 0.2) is 6.29 Å². The van der Waals surface area contributed by atoms with Crippen LogP contribution in [-0.4, -0.2) is 43.0 Å². The zero-order valence-corrected chi connectivity index (χ0v) is 7.99. The third kappa shape index (κ3) is 3.52. The summed E-state index contributed by atoms with van der Waals surface area (Å²) in [5, 5.41) is 9.08. The molecule has 0 saturated carbocycles. The van der Waals surface area contributed by atoms with E-state index in [1.54, 1.807) is 0 Å². The Labute approximate surface area is 74.3 Å². The van der Waals surface area contributed by atoms with E-state index in [-0.39, 0.29) is 0 Å². The van der Waals surface area contributed by atoms with Crippen molar-refractivity contribution in [2.24, 2.45) is 0 Å². The van der Waals surface area contributed by atoms with Crippen LogP contribution in [0, 0.1) is 0 Å². The standard InChI is InChI=1S/C9H19NO2/c1-10(2)7-3-4-8-5-6-9(11)12-8/h8-9,11H,3-7H2,1-2H3. The van der Waals surface area contributed by atoms with Crippen LogP contribution >= 0.6 is 0 Å². The van der Waals surface area contributed by atoms with Crippen LogP contribution in [0.15, 0.2) is 0 Å². The molecular formula is C9H19NO2. The van der Waals surface area contributed by atoms with Crippen LogP contribution in [0.3, 0.4) is 0 Å². The fourth-order valence-corrected chi connectivity index (χ4v) is 1.53. The fourth-order valence-electron chi connectivity index (χ4n) is 1.53. The molecule has 72 valence electrons. The van der Waals surface area contributed by atoms with Gasteiger partial charge in [-0.2, -0.15) is 0 Å². The first-order valence-electron chi connectivity index (χ1n) is 4.67. The molecule has 0 aliphatic carbocycles. The van der Waals surface area contributed by atoms with E-state index in [4.69, 9.17) is 9.84 Å². The Bertz CT molecular complexity index is 128. The predicted octanol–water partition coefficient (Wildman–Crippen LogP) is 0.826. The summed E-state index contributed by atoms with van der Waals surface area (Å²) in [4.78, 5) is 2.17. The lowest BCUT2D eigenvalue weighted by Gasteiger charge is -2.12. The van der Waals surface area contributed by atoms with E-state index >= 15 is 0 Å². The van der Waals surface area contributed by atoms with Crippen LogP contribution in [0.2, 0.25) is 0 Å². The quantitative estimate of drug-likeness (QED) is 0.683. The molecule has 0 bridgehead atoms. The number of hydrogen-bond acceptors (Lipinski definition) is 3. The number of hydrogen-bond donors (Lipinski definition) is 1. The number of ether oxygens (including phenoxy) is 1. The number of aliphatic hydroxyl groups excluding tert-OH is 1. The van der Waals surface area contributed by atoms with Crippen molar-refractivity contribution in [2.45, 2.75) is 38.1 Å². The maximum Gasteiger partial charge on any atom is 0.154 e. The van der Waals surface area contributed by atoms with Gasteiger partial charge in [-0.25, -0.2) is 0 Å². The van der Waals surface area contributed by atoms with Crippen LogP contribution < -0.4 is 0 Å². The molecule has 2 unspecified atom stereocenters. The first-order valence-corrected chi connectivity index (χ1v) is 4.67. The van der Waals surface area contributed by atoms with Gasteiger partial charge in [0, 0.05) is 6.42 Å². The minimum absolute atomic E-state index is 0.306. The Morgan fingerprint density at radius 1 is 1.42 bits per heavy atom. The van der Waals surface area contributed by atoms with E-state index < -0.39 is 6.29 Å². The van der Waals surface area contributed by atoms with Gasteiger partial charge in [0.05, 0.1) is 6.10 Å². The number of rotatable bonds is 4. The van der Waals surface area contributed by atoms with Gasteiger partial charge in [0.25, 0.3) is 0 Å². The van der Waals surface area contributed by atoms with Crippen molar-refractivity contribution in [3.63, 3.8) is 0 Å². The molecule has 1 saturated heterocycles. The van der Waals surface area contributed by atoms with Gasteiger partial charge in [-0.1, -0.05) is 0 Å². The number of nitrogens with zero attached hydrogens (tertiary/aromatic N) is 1. The summed E-state index contributed by atoms with van der Waals surface area (Å²) in [6, 6.07) is 0. The molecule has 2 atom stereocenters. The van der Waals surface area contributed by atoms with Crippen LogP contribution in [0.5, 0.6) is 0 Å². The molecule has 0 aromatic rings. The van der Waals surface area contributed by atoms with Crippen LogP contribution in [0.1, 0.15) is 25.7 Å². The molecule has 3 heteroatoms. The van der Waals surface area contributed by atoms with Gasteiger partial charge in [0.2, 0.25) is 0 Å². The highest BCUT2D eigenvalue weighted by Gasteiger charge is 2.22. The third-order valence-electron chi connectivity index (χ3n) is 2.22. The van der Waals surface area contributed by atoms with Crippen molar-refractivity contribution in [1.82, 2.24) is 4.90 Å². The highest BCUT2D eigenvalue weighted by Crippen LogP contribution is 2.21. The molecule has 0 aromatic carbocycles. The smallest absolute Gasteiger partial charge is 0.154 e. The van der Waals surface area contributed by atoms with E-state index in [0.29, 0.717) is 6.10 Å². The Balaban J connectivity index is 2.00. The third-order valence-corrected chi connectivity index (χ3v) is 2.22. The Morgan fingerprint density at radius 2 is 2.17 bits per heavy atom. The van der Waals surface area contributed by atoms with E-state index in [0.717, 1.165) is 32.2 Å². The number of aliphatic hydroxyl groups is 1. The second kappa shape index (κ2) is 4.80. The molecule has 1 fully saturated rings. The summed E-state index contributed by atoms with van der Waals surface area (Å²) in [7, 11) is 4.15. The molecular weight excluding hydrogens is 154 g/mol. The normalized spacial score (nSPS) is 30.0. The van der Waals surface area contributed by atoms with E-state index in [2.05, 4.69) is 19.0 Å². The summed E-state index contributed by atoms with van der Waals surface area (Å²) in [5.74, 6) is 0. The van der Waals surface area contributed by atoms with E-state index in [1.807, 2.05) is 0 Å². The molecule has 1 heterocycles. The van der Waals surface area contributed by atoms with E-state index in [1.165, 1.54) is 0 Å². The van der Waals surface area contributed by atoms with Crippen LogP contribution in [-0.2, 0) is 4.74 Å². The maximum atomic E-state index is 9.08. The Kier molecular flexibility index (Phi) is 3.98. The highest BCUT2D eigenvalue weighted by molar-refractivity contribution is 4.67. The van der Waals surface area contributed by atoms with Crippen molar-refractivity contribution < 1.29 is 9.84 Å². The van der Waals surface area contributed by atoms with Gasteiger partial charge < -0.3 is 14.7 Å². The predicted molar refractivity (Wildman–Crippen MR) is 47.9 cm³/mol. The second-order valence-corrected chi connectivity index (χ2v) is 3.74. The van der Waals surface area contributed by atoms with Crippen molar-refractivity contribution in [3.8, 4) is 0 Å². The lowest BCUT2D eigenvalue weighted by molar-refractivity contribution is -0.0921. The summed E-state index contributed by atoms with van der Waals surface area (Å²) in [6.45, 7) is 1.11. The lowest BCUT2D eigenvalue weighted by atomic mass is 10.1. The summed E-state index contributed by atoms with van der Waals surface area (Å²) < 4.78 is 5.28. The first-order chi connectivity index (χ1) is 5.68. The molecule has 1 aliphatic rings. The molecule has 0 spiro atoms. The van der Waals surface area contributed by atoms with Gasteiger partial charge in [-0.05, 0) is 39.9 Å². The molecule has 1 aliphatic heterocycles. The molecule has 0 radical (unpaired) electrons. The zero-order valence-electron chi connectivity index (χ0n) is 7.99. The fraction of sp³-hybridized carbons (Fsp3) is 1.00. The minimum atomic E-state index is -0.491. The molecule has 0 aromatic heterocycles. The zero-order chi connectivity index (χ0) is 8.97. The monoisotopic (exact) mass is 173 g/mol. The maximum absolute atomic E-state index is 9.08. The second-order valence-electron chi connectivity index (χ2n) is 3.74. The average molecular weight is 173 g/mol. The molecule has 1 N–H and O–H groups in total. The van der Waals surface area contributed by atoms with Crippen molar-refractivity contribution >= 4 is 0 Å². The molecule has 12 heavy (non-hydrogen) atoms. The average Bonchev–Trinajstić information content (AvgIpc) is 2.35. The van der Waals surface area contributed by atoms with Crippen molar-refractivity contribution in [2.75, 3.05) is 20.6 Å². The van der Waals surface area contributed by atoms with Crippen LogP contribution in [0.25, 0.3) is 0 Å². The minimum Gasteiger partial charge on any atom is -0.368 e. The van der Waals surface area contributed by atoms with Gasteiger partial charge in [0.1, 0.15) is 0 Å². The molecule has 0 amide bonds.